The highest BCUT2D eigenvalue weighted by Crippen LogP contribution is 2.26. The van der Waals surface area contributed by atoms with Crippen LogP contribution in [0.4, 0.5) is 5.69 Å². The molecule has 0 bridgehead atoms. The van der Waals surface area contributed by atoms with Gasteiger partial charge < -0.3 is 10.1 Å². The summed E-state index contributed by atoms with van der Waals surface area (Å²) < 4.78 is 33.6. The molecule has 0 radical (unpaired) electrons. The zero-order chi connectivity index (χ0) is 22.6. The van der Waals surface area contributed by atoms with Gasteiger partial charge in [0.15, 0.2) is 0 Å². The van der Waals surface area contributed by atoms with E-state index in [-0.39, 0.29) is 22.8 Å². The Morgan fingerprint density at radius 3 is 2.78 bits per heavy atom. The molecule has 0 spiro atoms. The van der Waals surface area contributed by atoms with Crippen molar-refractivity contribution in [3.05, 3.63) is 78.2 Å². The lowest BCUT2D eigenvalue weighted by Crippen LogP contribution is -2.27. The van der Waals surface area contributed by atoms with Crippen molar-refractivity contribution in [2.75, 3.05) is 19.0 Å². The molecule has 4 rings (SSSR count). The smallest absolute Gasteiger partial charge is 0.255 e. The van der Waals surface area contributed by atoms with Gasteiger partial charge in [0.1, 0.15) is 10.6 Å². The number of anilines is 1. The van der Waals surface area contributed by atoms with Crippen LogP contribution in [-0.4, -0.2) is 43.2 Å². The Morgan fingerprint density at radius 2 is 2.00 bits per heavy atom. The Bertz CT molecular complexity index is 1350. The Morgan fingerprint density at radius 1 is 1.12 bits per heavy atom. The van der Waals surface area contributed by atoms with Crippen molar-refractivity contribution in [3.63, 3.8) is 0 Å². The normalized spacial score (nSPS) is 11.4. The lowest BCUT2D eigenvalue weighted by atomic mass is 10.2. The maximum Gasteiger partial charge on any atom is 0.255 e. The van der Waals surface area contributed by atoms with Gasteiger partial charge in [0.25, 0.3) is 5.91 Å². The number of methoxy groups -OCH3 is 1. The minimum absolute atomic E-state index is 0.113. The van der Waals surface area contributed by atoms with E-state index in [1.807, 2.05) is 18.2 Å². The van der Waals surface area contributed by atoms with Crippen LogP contribution in [0, 0.1) is 0 Å². The Balaban J connectivity index is 1.52. The predicted molar refractivity (Wildman–Crippen MR) is 120 cm³/mol. The number of benzene rings is 2. The maximum absolute atomic E-state index is 12.9. The van der Waals surface area contributed by atoms with Crippen LogP contribution in [0.2, 0.25) is 0 Å². The average Bonchev–Trinajstić information content (AvgIpc) is 3.27. The number of pyridine rings is 1. The van der Waals surface area contributed by atoms with E-state index in [1.54, 1.807) is 30.6 Å². The fourth-order valence-electron chi connectivity index (χ4n) is 3.18. The van der Waals surface area contributed by atoms with E-state index in [2.05, 4.69) is 25.2 Å². The molecule has 2 aromatic carbocycles. The van der Waals surface area contributed by atoms with Crippen LogP contribution in [0.5, 0.6) is 5.75 Å². The van der Waals surface area contributed by atoms with Gasteiger partial charge in [0.2, 0.25) is 10.0 Å². The molecule has 0 fully saturated rings. The third-order valence-corrected chi connectivity index (χ3v) is 6.30. The van der Waals surface area contributed by atoms with Gasteiger partial charge in [0, 0.05) is 41.5 Å². The number of aromatic nitrogens is 3. The molecule has 1 amide bonds. The quantitative estimate of drug-likeness (QED) is 0.378. The first-order chi connectivity index (χ1) is 15.5. The molecule has 9 nitrogen and oxygen atoms in total. The number of hydrogen-bond acceptors (Lipinski definition) is 6. The number of carbonyl (C=O) groups excluding carboxylic acids is 1. The standard InChI is InChI=1S/C22H21N5O4S/c1-31-20-8-6-15(22(28)26-18-7-5-16-14-24-27-19(16)13-18)12-21(20)32(29,30)25-11-9-17-4-2-3-10-23-17/h2-8,10,12-14,25H,9,11H2,1H3,(H,24,27)(H,26,28). The van der Waals surface area contributed by atoms with E-state index < -0.39 is 15.9 Å². The van der Waals surface area contributed by atoms with Gasteiger partial charge in [0.05, 0.1) is 18.8 Å². The molecule has 0 unspecified atom stereocenters. The molecule has 10 heteroatoms. The number of amides is 1. The van der Waals surface area contributed by atoms with E-state index in [0.717, 1.165) is 16.6 Å². The molecule has 4 aromatic rings. The van der Waals surface area contributed by atoms with Crippen molar-refractivity contribution in [2.24, 2.45) is 0 Å². The lowest BCUT2D eigenvalue weighted by molar-refractivity contribution is 0.102. The van der Waals surface area contributed by atoms with Gasteiger partial charge in [-0.05, 0) is 48.5 Å². The highest BCUT2D eigenvalue weighted by atomic mass is 32.2. The van der Waals surface area contributed by atoms with Gasteiger partial charge in [-0.15, -0.1) is 0 Å². The predicted octanol–water partition coefficient (Wildman–Crippen LogP) is 2.74. The van der Waals surface area contributed by atoms with E-state index in [9.17, 15) is 13.2 Å². The van der Waals surface area contributed by atoms with Gasteiger partial charge in [-0.1, -0.05) is 6.07 Å². The molecule has 0 aliphatic carbocycles. The highest BCUT2D eigenvalue weighted by Gasteiger charge is 2.21. The third-order valence-electron chi connectivity index (χ3n) is 4.81. The van der Waals surface area contributed by atoms with Crippen molar-refractivity contribution < 1.29 is 17.9 Å². The summed E-state index contributed by atoms with van der Waals surface area (Å²) in [6.07, 6.45) is 3.76. The SMILES string of the molecule is COc1ccc(C(=O)Nc2ccc3cn[nH]c3c2)cc1S(=O)(=O)NCCc1ccccn1. The summed E-state index contributed by atoms with van der Waals surface area (Å²) in [4.78, 5) is 16.8. The summed E-state index contributed by atoms with van der Waals surface area (Å²) in [5, 5.41) is 10.5. The Hall–Kier alpha value is -3.76. The van der Waals surface area contributed by atoms with Crippen molar-refractivity contribution in [1.82, 2.24) is 19.9 Å². The van der Waals surface area contributed by atoms with Gasteiger partial charge in [-0.3, -0.25) is 14.9 Å². The first-order valence-corrected chi connectivity index (χ1v) is 11.3. The molecule has 0 atom stereocenters. The van der Waals surface area contributed by atoms with Crippen LogP contribution in [-0.2, 0) is 16.4 Å². The molecule has 3 N–H and O–H groups in total. The van der Waals surface area contributed by atoms with Crippen LogP contribution in [0.25, 0.3) is 10.9 Å². The van der Waals surface area contributed by atoms with Gasteiger partial charge in [-0.2, -0.15) is 5.10 Å². The highest BCUT2D eigenvalue weighted by molar-refractivity contribution is 7.89. The average molecular weight is 452 g/mol. The minimum Gasteiger partial charge on any atom is -0.495 e. The fraction of sp³-hybridized carbons (Fsp3) is 0.136. The fourth-order valence-corrected chi connectivity index (χ4v) is 4.41. The monoisotopic (exact) mass is 451 g/mol. The summed E-state index contributed by atoms with van der Waals surface area (Å²) in [5.41, 5.74) is 2.28. The van der Waals surface area contributed by atoms with Crippen LogP contribution in [0.15, 0.2) is 71.9 Å². The molecule has 0 aliphatic heterocycles. The number of hydrogen-bond donors (Lipinski definition) is 3. The number of carbonyl (C=O) groups is 1. The number of nitrogens with zero attached hydrogens (tertiary/aromatic N) is 2. The molecule has 32 heavy (non-hydrogen) atoms. The first kappa shape index (κ1) is 21.5. The summed E-state index contributed by atoms with van der Waals surface area (Å²) in [5.74, 6) is -0.304. The number of rotatable bonds is 8. The number of H-pyrrole nitrogens is 1. The molecule has 0 saturated heterocycles. The summed E-state index contributed by atoms with van der Waals surface area (Å²) in [7, 11) is -2.54. The van der Waals surface area contributed by atoms with Crippen LogP contribution in [0.1, 0.15) is 16.1 Å². The van der Waals surface area contributed by atoms with Crippen molar-refractivity contribution in [1.29, 1.82) is 0 Å². The molecular formula is C22H21N5O4S. The van der Waals surface area contributed by atoms with E-state index in [1.165, 1.54) is 25.3 Å². The van der Waals surface area contributed by atoms with E-state index >= 15 is 0 Å². The maximum atomic E-state index is 12.9. The zero-order valence-electron chi connectivity index (χ0n) is 17.2. The summed E-state index contributed by atoms with van der Waals surface area (Å²) in [6, 6.07) is 15.0. The number of ether oxygens (including phenoxy) is 1. The molecule has 0 aliphatic rings. The second-order valence-electron chi connectivity index (χ2n) is 6.96. The van der Waals surface area contributed by atoms with Crippen LogP contribution >= 0.6 is 0 Å². The molecule has 2 heterocycles. The number of fused-ring (bicyclic) bond motifs is 1. The minimum atomic E-state index is -3.92. The van der Waals surface area contributed by atoms with Crippen molar-refractivity contribution in [3.8, 4) is 5.75 Å². The first-order valence-electron chi connectivity index (χ1n) is 9.78. The summed E-state index contributed by atoms with van der Waals surface area (Å²) in [6.45, 7) is 0.156. The third kappa shape index (κ3) is 4.76. The number of aromatic amines is 1. The van der Waals surface area contributed by atoms with Crippen LogP contribution in [0.3, 0.4) is 0 Å². The second-order valence-corrected chi connectivity index (χ2v) is 8.70. The van der Waals surface area contributed by atoms with Gasteiger partial charge >= 0.3 is 0 Å². The lowest BCUT2D eigenvalue weighted by Gasteiger charge is -2.13. The summed E-state index contributed by atoms with van der Waals surface area (Å²) >= 11 is 0. The van der Waals surface area contributed by atoms with Crippen molar-refractivity contribution >= 4 is 32.5 Å². The van der Waals surface area contributed by atoms with Gasteiger partial charge in [-0.25, -0.2) is 13.1 Å². The number of sulfonamides is 1. The van der Waals surface area contributed by atoms with Crippen molar-refractivity contribution in [2.45, 2.75) is 11.3 Å². The zero-order valence-corrected chi connectivity index (χ0v) is 18.0. The Kier molecular flexibility index (Phi) is 6.15. The molecule has 2 aromatic heterocycles. The van der Waals surface area contributed by atoms with E-state index in [4.69, 9.17) is 4.74 Å². The largest absolute Gasteiger partial charge is 0.495 e. The molecular weight excluding hydrogens is 430 g/mol. The Labute approximate surface area is 184 Å². The molecule has 164 valence electrons. The molecule has 0 saturated carbocycles. The van der Waals surface area contributed by atoms with E-state index in [0.29, 0.717) is 12.1 Å². The number of nitrogens with one attached hydrogen (secondary N) is 3. The van der Waals surface area contributed by atoms with Crippen LogP contribution < -0.4 is 14.8 Å². The second kappa shape index (κ2) is 9.16. The topological polar surface area (TPSA) is 126 Å².